The third-order valence-electron chi connectivity index (χ3n) is 1.66. The number of carbonyl (C=O) groups is 1. The van der Waals surface area contributed by atoms with Gasteiger partial charge in [0.1, 0.15) is 19.2 Å². The fourth-order valence-electron chi connectivity index (χ4n) is 0.906. The van der Waals surface area contributed by atoms with Crippen molar-refractivity contribution in [2.45, 2.75) is 25.3 Å². The molecule has 0 aliphatic heterocycles. The van der Waals surface area contributed by atoms with Crippen LogP contribution in [0, 0.1) is 0 Å². The summed E-state index contributed by atoms with van der Waals surface area (Å²) in [4.78, 5) is 11.1. The standard InChI is InChI=1S/C8H19N3O2/c9-4-2-1-3-7(11)8(12)13-6-5-10/h7H,1-6,9-11H2/p+1/t7-/m0/s1. The minimum Gasteiger partial charge on any atom is -0.459 e. The zero-order valence-corrected chi connectivity index (χ0v) is 8.00. The van der Waals surface area contributed by atoms with Crippen LogP contribution in [0.2, 0.25) is 0 Å². The number of hydrogen-bond donors (Lipinski definition) is 3. The SMILES string of the molecule is NCCCC[C@H](N)C(=O)OCC[NH3+]. The first kappa shape index (κ1) is 12.3. The molecule has 0 aliphatic rings. The van der Waals surface area contributed by atoms with Gasteiger partial charge in [-0.25, -0.2) is 0 Å². The maximum absolute atomic E-state index is 11.1. The lowest BCUT2D eigenvalue weighted by atomic mass is 10.1. The highest BCUT2D eigenvalue weighted by molar-refractivity contribution is 5.75. The van der Waals surface area contributed by atoms with Gasteiger partial charge in [0.05, 0.1) is 0 Å². The first-order chi connectivity index (χ1) is 6.22. The number of quaternary nitrogens is 1. The number of hydrogen-bond acceptors (Lipinski definition) is 4. The quantitative estimate of drug-likeness (QED) is 0.326. The maximum atomic E-state index is 11.1. The summed E-state index contributed by atoms with van der Waals surface area (Å²) in [7, 11) is 0. The highest BCUT2D eigenvalue weighted by Crippen LogP contribution is 1.99. The second-order valence-electron chi connectivity index (χ2n) is 2.91. The molecule has 13 heavy (non-hydrogen) atoms. The molecule has 5 nitrogen and oxygen atoms in total. The fraction of sp³-hybridized carbons (Fsp3) is 0.875. The topological polar surface area (TPSA) is 106 Å². The summed E-state index contributed by atoms with van der Waals surface area (Å²) in [5, 5.41) is 0. The zero-order valence-electron chi connectivity index (χ0n) is 8.00. The highest BCUT2D eigenvalue weighted by atomic mass is 16.5. The lowest BCUT2D eigenvalue weighted by Gasteiger charge is -2.09. The van der Waals surface area contributed by atoms with E-state index in [4.69, 9.17) is 16.2 Å². The van der Waals surface area contributed by atoms with Crippen LogP contribution in [0.4, 0.5) is 0 Å². The average molecular weight is 190 g/mol. The molecular formula is C8H20N3O2+. The number of esters is 1. The van der Waals surface area contributed by atoms with Crippen LogP contribution >= 0.6 is 0 Å². The van der Waals surface area contributed by atoms with Gasteiger partial charge in [0.2, 0.25) is 0 Å². The second-order valence-corrected chi connectivity index (χ2v) is 2.91. The van der Waals surface area contributed by atoms with Crippen molar-refractivity contribution in [1.29, 1.82) is 0 Å². The highest BCUT2D eigenvalue weighted by Gasteiger charge is 2.13. The molecule has 0 aromatic heterocycles. The van der Waals surface area contributed by atoms with Crippen LogP contribution in [-0.4, -0.2) is 31.7 Å². The van der Waals surface area contributed by atoms with Crippen LogP contribution in [0.1, 0.15) is 19.3 Å². The van der Waals surface area contributed by atoms with E-state index in [1.807, 2.05) is 0 Å². The second kappa shape index (κ2) is 7.97. The molecule has 0 radical (unpaired) electrons. The Balaban J connectivity index is 3.45. The van der Waals surface area contributed by atoms with Crippen LogP contribution in [0.3, 0.4) is 0 Å². The Morgan fingerprint density at radius 3 is 2.69 bits per heavy atom. The Kier molecular flexibility index (Phi) is 7.57. The van der Waals surface area contributed by atoms with E-state index in [1.165, 1.54) is 0 Å². The van der Waals surface area contributed by atoms with E-state index in [2.05, 4.69) is 5.73 Å². The first-order valence-corrected chi connectivity index (χ1v) is 4.64. The maximum Gasteiger partial charge on any atom is 0.323 e. The van der Waals surface area contributed by atoms with Crippen molar-refractivity contribution in [3.8, 4) is 0 Å². The largest absolute Gasteiger partial charge is 0.459 e. The molecule has 7 N–H and O–H groups in total. The van der Waals surface area contributed by atoms with Crippen LogP contribution in [0.5, 0.6) is 0 Å². The smallest absolute Gasteiger partial charge is 0.323 e. The Morgan fingerprint density at radius 2 is 2.15 bits per heavy atom. The van der Waals surface area contributed by atoms with Crippen molar-refractivity contribution in [3.63, 3.8) is 0 Å². The molecule has 0 saturated heterocycles. The summed E-state index contributed by atoms with van der Waals surface area (Å²) in [6.45, 7) is 1.57. The third kappa shape index (κ3) is 6.51. The molecule has 0 amide bonds. The molecule has 0 heterocycles. The van der Waals surface area contributed by atoms with Gasteiger partial charge in [0, 0.05) is 0 Å². The number of unbranched alkanes of at least 4 members (excludes halogenated alkanes) is 1. The Bertz CT molecular complexity index is 141. The number of rotatable bonds is 7. The summed E-state index contributed by atoms with van der Waals surface area (Å²) in [6, 6.07) is -0.502. The average Bonchev–Trinajstić information content (AvgIpc) is 2.14. The summed E-state index contributed by atoms with van der Waals surface area (Å²) < 4.78 is 4.83. The minimum atomic E-state index is -0.502. The summed E-state index contributed by atoms with van der Waals surface area (Å²) >= 11 is 0. The monoisotopic (exact) mass is 190 g/mol. The van der Waals surface area contributed by atoms with Crippen molar-refractivity contribution >= 4 is 5.97 Å². The van der Waals surface area contributed by atoms with Gasteiger partial charge in [-0.15, -0.1) is 0 Å². The van der Waals surface area contributed by atoms with Gasteiger partial charge >= 0.3 is 5.97 Å². The van der Waals surface area contributed by atoms with Gasteiger partial charge in [-0.1, -0.05) is 6.42 Å². The van der Waals surface area contributed by atoms with Crippen LogP contribution in [-0.2, 0) is 9.53 Å². The molecule has 0 saturated carbocycles. The number of ether oxygens (including phenoxy) is 1. The van der Waals surface area contributed by atoms with Crippen LogP contribution in [0.15, 0.2) is 0 Å². The minimum absolute atomic E-state index is 0.333. The predicted molar refractivity (Wildman–Crippen MR) is 49.6 cm³/mol. The Hall–Kier alpha value is -0.650. The van der Waals surface area contributed by atoms with Gasteiger partial charge in [-0.2, -0.15) is 0 Å². The third-order valence-corrected chi connectivity index (χ3v) is 1.66. The van der Waals surface area contributed by atoms with Gasteiger partial charge in [-0.3, -0.25) is 4.79 Å². The van der Waals surface area contributed by atoms with Gasteiger partial charge < -0.3 is 21.9 Å². The molecule has 78 valence electrons. The number of nitrogens with two attached hydrogens (primary N) is 2. The van der Waals surface area contributed by atoms with Crippen LogP contribution < -0.4 is 17.2 Å². The molecule has 0 unspecified atom stereocenters. The molecule has 0 aromatic rings. The summed E-state index contributed by atoms with van der Waals surface area (Å²) in [5.41, 5.74) is 14.4. The van der Waals surface area contributed by atoms with E-state index in [1.54, 1.807) is 0 Å². The van der Waals surface area contributed by atoms with Crippen LogP contribution in [0.25, 0.3) is 0 Å². The lowest BCUT2D eigenvalue weighted by molar-refractivity contribution is -0.372. The van der Waals surface area contributed by atoms with E-state index >= 15 is 0 Å². The Morgan fingerprint density at radius 1 is 1.46 bits per heavy atom. The zero-order chi connectivity index (χ0) is 10.1. The van der Waals surface area contributed by atoms with Crippen molar-refractivity contribution in [2.24, 2.45) is 11.5 Å². The van der Waals surface area contributed by atoms with E-state index in [-0.39, 0.29) is 5.97 Å². The molecule has 0 aromatic carbocycles. The van der Waals surface area contributed by atoms with E-state index in [9.17, 15) is 4.79 Å². The van der Waals surface area contributed by atoms with Crippen molar-refractivity contribution in [1.82, 2.24) is 0 Å². The lowest BCUT2D eigenvalue weighted by Crippen LogP contribution is -2.53. The van der Waals surface area contributed by atoms with E-state index in [0.717, 1.165) is 12.8 Å². The van der Waals surface area contributed by atoms with Gasteiger partial charge in [0.25, 0.3) is 0 Å². The number of carbonyl (C=O) groups excluding carboxylic acids is 1. The normalized spacial score (nSPS) is 12.5. The fourth-order valence-corrected chi connectivity index (χ4v) is 0.906. The molecule has 0 bridgehead atoms. The Labute approximate surface area is 78.6 Å². The molecule has 0 aliphatic carbocycles. The van der Waals surface area contributed by atoms with Crippen molar-refractivity contribution < 1.29 is 15.3 Å². The molecule has 0 fully saturated rings. The molecule has 1 atom stereocenters. The van der Waals surface area contributed by atoms with E-state index < -0.39 is 6.04 Å². The van der Waals surface area contributed by atoms with Gasteiger partial charge in [-0.05, 0) is 19.4 Å². The van der Waals surface area contributed by atoms with Crippen molar-refractivity contribution in [3.05, 3.63) is 0 Å². The van der Waals surface area contributed by atoms with E-state index in [0.29, 0.717) is 26.1 Å². The molecular weight excluding hydrogens is 170 g/mol. The van der Waals surface area contributed by atoms with Crippen molar-refractivity contribution in [2.75, 3.05) is 19.7 Å². The molecule has 0 spiro atoms. The molecule has 0 rings (SSSR count). The first-order valence-electron chi connectivity index (χ1n) is 4.64. The predicted octanol–water partition coefficient (Wildman–Crippen LogP) is -1.77. The molecule has 5 heteroatoms. The summed E-state index contributed by atoms with van der Waals surface area (Å²) in [6.07, 6.45) is 2.42. The summed E-state index contributed by atoms with van der Waals surface area (Å²) in [5.74, 6) is -0.333. The van der Waals surface area contributed by atoms with Gasteiger partial charge in [0.15, 0.2) is 0 Å².